The van der Waals surface area contributed by atoms with E-state index in [0.717, 1.165) is 5.39 Å². The molecule has 1 amide bonds. The first-order valence-electron chi connectivity index (χ1n) is 4.90. The maximum absolute atomic E-state index is 11.8. The highest BCUT2D eigenvalue weighted by atomic mass is 32.1. The number of nitrogens with zero attached hydrogens (tertiary/aromatic N) is 2. The van der Waals surface area contributed by atoms with Crippen LogP contribution in [0.15, 0.2) is 12.3 Å². The van der Waals surface area contributed by atoms with Gasteiger partial charge in [-0.05, 0) is 19.9 Å². The van der Waals surface area contributed by atoms with Gasteiger partial charge in [0, 0.05) is 11.4 Å². The minimum atomic E-state index is -0.157. The van der Waals surface area contributed by atoms with E-state index >= 15 is 0 Å². The zero-order valence-corrected chi connectivity index (χ0v) is 9.84. The van der Waals surface area contributed by atoms with E-state index < -0.39 is 0 Å². The smallest absolute Gasteiger partial charge is 0.263 e. The van der Waals surface area contributed by atoms with E-state index in [2.05, 4.69) is 15.5 Å². The van der Waals surface area contributed by atoms with E-state index in [0.29, 0.717) is 15.4 Å². The maximum atomic E-state index is 11.8. The van der Waals surface area contributed by atoms with Crippen molar-refractivity contribution in [3.63, 3.8) is 0 Å². The van der Waals surface area contributed by atoms with E-state index in [4.69, 9.17) is 5.73 Å². The predicted molar refractivity (Wildman–Crippen MR) is 64.4 cm³/mol. The van der Waals surface area contributed by atoms with Gasteiger partial charge in [-0.15, -0.1) is 16.4 Å². The van der Waals surface area contributed by atoms with Crippen molar-refractivity contribution in [3.8, 4) is 0 Å². The van der Waals surface area contributed by atoms with Crippen LogP contribution in [0.25, 0.3) is 10.2 Å². The summed E-state index contributed by atoms with van der Waals surface area (Å²) in [5.74, 6) is -0.157. The van der Waals surface area contributed by atoms with Gasteiger partial charge in [-0.1, -0.05) is 0 Å². The van der Waals surface area contributed by atoms with Crippen LogP contribution in [0.1, 0.15) is 23.5 Å². The lowest BCUT2D eigenvalue weighted by molar-refractivity contribution is 0.0948. The minimum absolute atomic E-state index is 0.0863. The summed E-state index contributed by atoms with van der Waals surface area (Å²) in [4.78, 5) is 13.0. The summed E-state index contributed by atoms with van der Waals surface area (Å²) < 4.78 is 0. The van der Waals surface area contributed by atoms with Crippen LogP contribution in [-0.4, -0.2) is 22.1 Å². The lowest BCUT2D eigenvalue weighted by Gasteiger charge is -2.06. The molecule has 0 saturated heterocycles. The molecule has 0 aliphatic rings. The Hall–Kier alpha value is -1.69. The molecule has 0 radical (unpaired) electrons. The molecule has 6 heteroatoms. The number of nitrogen functional groups attached to an aromatic ring is 1. The van der Waals surface area contributed by atoms with E-state index in [1.807, 2.05) is 13.8 Å². The molecule has 0 unspecified atom stereocenters. The second-order valence-corrected chi connectivity index (χ2v) is 4.72. The van der Waals surface area contributed by atoms with Crippen molar-refractivity contribution in [2.45, 2.75) is 19.9 Å². The molecular formula is C10H12N4OS. The van der Waals surface area contributed by atoms with Gasteiger partial charge in [0.05, 0.1) is 11.9 Å². The Morgan fingerprint density at radius 1 is 1.56 bits per heavy atom. The molecule has 0 aliphatic carbocycles. The predicted octanol–water partition coefficient (Wildman–Crippen LogP) is 1.41. The number of carbonyl (C=O) groups is 1. The van der Waals surface area contributed by atoms with Crippen LogP contribution in [0, 0.1) is 0 Å². The third kappa shape index (κ3) is 1.83. The monoisotopic (exact) mass is 236 g/mol. The first-order chi connectivity index (χ1) is 7.59. The molecular weight excluding hydrogens is 224 g/mol. The molecule has 0 saturated carbocycles. The quantitative estimate of drug-likeness (QED) is 0.826. The third-order valence-corrected chi connectivity index (χ3v) is 3.15. The number of fused-ring (bicyclic) bond motifs is 1. The number of carbonyl (C=O) groups excluding carboxylic acids is 1. The van der Waals surface area contributed by atoms with Gasteiger partial charge in [0.1, 0.15) is 9.71 Å². The van der Waals surface area contributed by atoms with E-state index in [-0.39, 0.29) is 11.9 Å². The number of amides is 1. The fourth-order valence-corrected chi connectivity index (χ4v) is 2.31. The highest BCUT2D eigenvalue weighted by Crippen LogP contribution is 2.31. The van der Waals surface area contributed by atoms with Crippen LogP contribution >= 0.6 is 11.3 Å². The normalized spacial score (nSPS) is 10.9. The Labute approximate surface area is 96.7 Å². The zero-order valence-electron chi connectivity index (χ0n) is 9.02. The second-order valence-electron chi connectivity index (χ2n) is 3.72. The summed E-state index contributed by atoms with van der Waals surface area (Å²) in [6.45, 7) is 3.81. The molecule has 0 atom stereocenters. The molecule has 0 spiro atoms. The standard InChI is InChI=1S/C10H12N4OS/c1-5(2)13-9(15)8-7(11)6-3-4-12-14-10(6)16-8/h3-5H,11H2,1-2H3,(H,13,15). The Morgan fingerprint density at radius 3 is 2.94 bits per heavy atom. The first-order valence-corrected chi connectivity index (χ1v) is 5.71. The number of hydrogen-bond acceptors (Lipinski definition) is 5. The third-order valence-electron chi connectivity index (χ3n) is 2.05. The van der Waals surface area contributed by atoms with Gasteiger partial charge >= 0.3 is 0 Å². The van der Waals surface area contributed by atoms with Crippen LogP contribution in [0.4, 0.5) is 5.69 Å². The van der Waals surface area contributed by atoms with Crippen molar-refractivity contribution in [1.29, 1.82) is 0 Å². The van der Waals surface area contributed by atoms with Gasteiger partial charge in [-0.3, -0.25) is 4.79 Å². The Kier molecular flexibility index (Phi) is 2.74. The van der Waals surface area contributed by atoms with Crippen LogP contribution in [0.5, 0.6) is 0 Å². The van der Waals surface area contributed by atoms with Crippen LogP contribution < -0.4 is 11.1 Å². The average Bonchev–Trinajstić information content (AvgIpc) is 2.56. The molecule has 2 aromatic rings. The van der Waals surface area contributed by atoms with E-state index in [1.165, 1.54) is 11.3 Å². The highest BCUT2D eigenvalue weighted by Gasteiger charge is 2.17. The van der Waals surface area contributed by atoms with Crippen molar-refractivity contribution >= 4 is 33.1 Å². The maximum Gasteiger partial charge on any atom is 0.263 e. The zero-order chi connectivity index (χ0) is 11.7. The molecule has 2 rings (SSSR count). The molecule has 5 nitrogen and oxygen atoms in total. The summed E-state index contributed by atoms with van der Waals surface area (Å²) in [5, 5.41) is 11.3. The number of hydrogen-bond donors (Lipinski definition) is 2. The number of nitrogens with two attached hydrogens (primary N) is 1. The molecule has 84 valence electrons. The Bertz CT molecular complexity index is 535. The van der Waals surface area contributed by atoms with Gasteiger partial charge in [-0.2, -0.15) is 5.10 Å². The fraction of sp³-hybridized carbons (Fsp3) is 0.300. The number of rotatable bonds is 2. The van der Waals surface area contributed by atoms with Crippen molar-refractivity contribution in [3.05, 3.63) is 17.1 Å². The van der Waals surface area contributed by atoms with Gasteiger partial charge in [0.25, 0.3) is 5.91 Å². The largest absolute Gasteiger partial charge is 0.397 e. The van der Waals surface area contributed by atoms with E-state index in [1.54, 1.807) is 12.3 Å². The lowest BCUT2D eigenvalue weighted by atomic mass is 10.2. The molecule has 0 aliphatic heterocycles. The molecule has 0 fully saturated rings. The van der Waals surface area contributed by atoms with Crippen molar-refractivity contribution in [2.24, 2.45) is 0 Å². The summed E-state index contributed by atoms with van der Waals surface area (Å²) in [5.41, 5.74) is 6.38. The summed E-state index contributed by atoms with van der Waals surface area (Å²) >= 11 is 1.26. The molecule has 2 heterocycles. The minimum Gasteiger partial charge on any atom is -0.397 e. The van der Waals surface area contributed by atoms with Crippen molar-refractivity contribution in [1.82, 2.24) is 15.5 Å². The summed E-state index contributed by atoms with van der Waals surface area (Å²) in [7, 11) is 0. The number of anilines is 1. The summed E-state index contributed by atoms with van der Waals surface area (Å²) in [6, 6.07) is 1.85. The number of nitrogens with one attached hydrogen (secondary N) is 1. The molecule has 0 aromatic carbocycles. The van der Waals surface area contributed by atoms with Crippen LogP contribution in [-0.2, 0) is 0 Å². The fourth-order valence-electron chi connectivity index (χ4n) is 1.37. The topological polar surface area (TPSA) is 80.9 Å². The molecule has 3 N–H and O–H groups in total. The molecule has 0 bridgehead atoms. The average molecular weight is 236 g/mol. The van der Waals surface area contributed by atoms with Gasteiger partial charge in [-0.25, -0.2) is 0 Å². The Balaban J connectivity index is 2.45. The highest BCUT2D eigenvalue weighted by molar-refractivity contribution is 7.21. The van der Waals surface area contributed by atoms with E-state index in [9.17, 15) is 4.79 Å². The van der Waals surface area contributed by atoms with Crippen molar-refractivity contribution < 1.29 is 4.79 Å². The van der Waals surface area contributed by atoms with Gasteiger partial charge in [0.15, 0.2) is 0 Å². The Morgan fingerprint density at radius 2 is 2.31 bits per heavy atom. The van der Waals surface area contributed by atoms with Crippen LogP contribution in [0.3, 0.4) is 0 Å². The SMILES string of the molecule is CC(C)NC(=O)c1sc2nnccc2c1N. The van der Waals surface area contributed by atoms with Crippen LogP contribution in [0.2, 0.25) is 0 Å². The van der Waals surface area contributed by atoms with Crippen molar-refractivity contribution in [2.75, 3.05) is 5.73 Å². The summed E-state index contributed by atoms with van der Waals surface area (Å²) in [6.07, 6.45) is 1.57. The number of thiophene rings is 1. The lowest BCUT2D eigenvalue weighted by Crippen LogP contribution is -2.29. The van der Waals surface area contributed by atoms with Gasteiger partial charge < -0.3 is 11.1 Å². The molecule has 2 aromatic heterocycles. The first kappa shape index (κ1) is 10.8. The van der Waals surface area contributed by atoms with Gasteiger partial charge in [0.2, 0.25) is 0 Å². The molecule has 16 heavy (non-hydrogen) atoms. The second kappa shape index (κ2) is 4.05. The number of aromatic nitrogens is 2.